The van der Waals surface area contributed by atoms with Crippen LogP contribution in [0.15, 0.2) is 54.8 Å². The summed E-state index contributed by atoms with van der Waals surface area (Å²) in [5.74, 6) is 0.553. The molecule has 0 radical (unpaired) electrons. The number of hydrogen-bond acceptors (Lipinski definition) is 2. The Balaban J connectivity index is 1.91. The lowest BCUT2D eigenvalue weighted by atomic mass is 10.00. The first kappa shape index (κ1) is 8.98. The Morgan fingerprint density at radius 3 is 2.87 bits per heavy atom. The molecule has 15 heavy (non-hydrogen) atoms. The molecule has 1 aliphatic carbocycles. The highest BCUT2D eigenvalue weighted by Gasteiger charge is 2.26. The van der Waals surface area contributed by atoms with Crippen LogP contribution in [0.3, 0.4) is 0 Å². The van der Waals surface area contributed by atoms with Gasteiger partial charge in [0.25, 0.3) is 0 Å². The summed E-state index contributed by atoms with van der Waals surface area (Å²) >= 11 is 1.91. The Kier molecular flexibility index (Phi) is 2.22. The van der Waals surface area contributed by atoms with Gasteiger partial charge >= 0.3 is 0 Å². The second-order valence-corrected chi connectivity index (χ2v) is 4.90. The molecule has 1 aromatic rings. The maximum Gasteiger partial charge on any atom is 0.0762 e. The number of hydrogen-bond donors (Lipinski definition) is 0. The topological polar surface area (TPSA) is 12.9 Å². The molecule has 2 heteroatoms. The molecule has 1 aliphatic heterocycles. The van der Waals surface area contributed by atoms with Crippen LogP contribution < -0.4 is 0 Å². The summed E-state index contributed by atoms with van der Waals surface area (Å²) in [6.07, 6.45) is 12.9. The molecule has 2 atom stereocenters. The van der Waals surface area contributed by atoms with Crippen molar-refractivity contribution < 1.29 is 0 Å². The summed E-state index contributed by atoms with van der Waals surface area (Å²) < 4.78 is 0. The first-order valence-corrected chi connectivity index (χ1v) is 5.96. The molecule has 0 amide bonds. The van der Waals surface area contributed by atoms with Gasteiger partial charge in [-0.05, 0) is 12.1 Å². The quantitative estimate of drug-likeness (QED) is 0.710. The van der Waals surface area contributed by atoms with Crippen LogP contribution in [0, 0.1) is 5.92 Å². The SMILES string of the molecule is C1=CC2C=C(c3ccccn3)SC2C=C1. The van der Waals surface area contributed by atoms with Gasteiger partial charge in [-0.15, -0.1) is 11.8 Å². The van der Waals surface area contributed by atoms with Crippen molar-refractivity contribution in [2.45, 2.75) is 5.25 Å². The van der Waals surface area contributed by atoms with Gasteiger partial charge in [0.05, 0.1) is 5.69 Å². The fourth-order valence-corrected chi connectivity index (χ4v) is 3.15. The lowest BCUT2D eigenvalue weighted by molar-refractivity contribution is 0.857. The highest BCUT2D eigenvalue weighted by Crippen LogP contribution is 2.43. The summed E-state index contributed by atoms with van der Waals surface area (Å²) in [6, 6.07) is 6.07. The van der Waals surface area contributed by atoms with Gasteiger partial charge in [0.2, 0.25) is 0 Å². The first-order chi connectivity index (χ1) is 7.43. The van der Waals surface area contributed by atoms with Crippen LogP contribution in [-0.2, 0) is 0 Å². The molecule has 2 unspecified atom stereocenters. The van der Waals surface area contributed by atoms with Crippen LogP contribution in [-0.4, -0.2) is 10.2 Å². The second-order valence-electron chi connectivity index (χ2n) is 3.68. The zero-order valence-corrected chi connectivity index (χ0v) is 9.02. The van der Waals surface area contributed by atoms with Gasteiger partial charge in [-0.1, -0.05) is 36.4 Å². The molecule has 0 saturated carbocycles. The van der Waals surface area contributed by atoms with Crippen LogP contribution in [0.25, 0.3) is 4.91 Å². The van der Waals surface area contributed by atoms with Crippen LogP contribution in [0.5, 0.6) is 0 Å². The largest absolute Gasteiger partial charge is 0.256 e. The molecule has 0 N–H and O–H groups in total. The number of fused-ring (bicyclic) bond motifs is 1. The summed E-state index contributed by atoms with van der Waals surface area (Å²) in [4.78, 5) is 5.69. The van der Waals surface area contributed by atoms with Gasteiger partial charge in [0.15, 0.2) is 0 Å². The Hall–Kier alpha value is -1.28. The predicted octanol–water partition coefficient (Wildman–Crippen LogP) is 3.28. The molecule has 74 valence electrons. The molecule has 0 spiro atoms. The molecular weight excluding hydrogens is 202 g/mol. The number of nitrogens with zero attached hydrogens (tertiary/aromatic N) is 1. The van der Waals surface area contributed by atoms with Gasteiger partial charge in [-0.2, -0.15) is 0 Å². The van der Waals surface area contributed by atoms with E-state index in [0.29, 0.717) is 11.2 Å². The number of pyridine rings is 1. The fraction of sp³-hybridized carbons (Fsp3) is 0.154. The van der Waals surface area contributed by atoms with Crippen LogP contribution in [0.4, 0.5) is 0 Å². The molecule has 1 nitrogen and oxygen atoms in total. The van der Waals surface area contributed by atoms with E-state index >= 15 is 0 Å². The summed E-state index contributed by atoms with van der Waals surface area (Å²) in [5.41, 5.74) is 1.10. The van der Waals surface area contributed by atoms with Gasteiger partial charge < -0.3 is 0 Å². The van der Waals surface area contributed by atoms with Gasteiger partial charge in [-0.3, -0.25) is 4.98 Å². The predicted molar refractivity (Wildman–Crippen MR) is 65.4 cm³/mol. The number of aromatic nitrogens is 1. The number of allylic oxidation sites excluding steroid dienone is 4. The molecule has 2 aliphatic rings. The van der Waals surface area contributed by atoms with E-state index in [4.69, 9.17) is 0 Å². The monoisotopic (exact) mass is 213 g/mol. The summed E-state index contributed by atoms with van der Waals surface area (Å²) in [7, 11) is 0. The molecule has 0 fully saturated rings. The van der Waals surface area contributed by atoms with E-state index in [1.807, 2.05) is 30.1 Å². The zero-order chi connectivity index (χ0) is 10.1. The Morgan fingerprint density at radius 1 is 1.13 bits per heavy atom. The maximum atomic E-state index is 4.38. The smallest absolute Gasteiger partial charge is 0.0762 e. The van der Waals surface area contributed by atoms with Crippen LogP contribution in [0.1, 0.15) is 5.69 Å². The lowest BCUT2D eigenvalue weighted by Gasteiger charge is -2.12. The van der Waals surface area contributed by atoms with E-state index in [-0.39, 0.29) is 0 Å². The second kappa shape index (κ2) is 3.70. The van der Waals surface area contributed by atoms with Crippen molar-refractivity contribution in [3.63, 3.8) is 0 Å². The van der Waals surface area contributed by atoms with Crippen molar-refractivity contribution in [3.8, 4) is 0 Å². The van der Waals surface area contributed by atoms with Crippen molar-refractivity contribution in [2.24, 2.45) is 5.92 Å². The van der Waals surface area contributed by atoms with Crippen molar-refractivity contribution in [2.75, 3.05) is 0 Å². The van der Waals surface area contributed by atoms with Crippen molar-refractivity contribution in [1.82, 2.24) is 4.98 Å². The number of rotatable bonds is 1. The standard InChI is InChI=1S/C13H11NS/c1-2-7-12-10(5-1)9-13(15-12)11-6-3-4-8-14-11/h1-10,12H. The summed E-state index contributed by atoms with van der Waals surface area (Å²) in [6.45, 7) is 0. The van der Waals surface area contributed by atoms with Crippen molar-refractivity contribution in [1.29, 1.82) is 0 Å². The molecular formula is C13H11NS. The molecule has 0 bridgehead atoms. The van der Waals surface area contributed by atoms with Crippen molar-refractivity contribution in [3.05, 3.63) is 60.5 Å². The van der Waals surface area contributed by atoms with Crippen molar-refractivity contribution >= 4 is 16.7 Å². The third-order valence-electron chi connectivity index (χ3n) is 2.65. The average Bonchev–Trinajstić information content (AvgIpc) is 2.74. The Labute approximate surface area is 93.6 Å². The van der Waals surface area contributed by atoms with Gasteiger partial charge in [0, 0.05) is 22.3 Å². The third kappa shape index (κ3) is 1.65. The first-order valence-electron chi connectivity index (χ1n) is 5.08. The highest BCUT2D eigenvalue weighted by atomic mass is 32.2. The van der Waals surface area contributed by atoms with Gasteiger partial charge in [-0.25, -0.2) is 0 Å². The minimum Gasteiger partial charge on any atom is -0.256 e. The summed E-state index contributed by atoms with van der Waals surface area (Å²) in [5, 5.41) is 0.576. The molecule has 0 saturated heterocycles. The van der Waals surface area contributed by atoms with Gasteiger partial charge in [0.1, 0.15) is 0 Å². The van der Waals surface area contributed by atoms with Crippen LogP contribution >= 0.6 is 11.8 Å². The van der Waals surface area contributed by atoms with E-state index in [0.717, 1.165) is 5.69 Å². The molecule has 3 rings (SSSR count). The average molecular weight is 213 g/mol. The minimum atomic E-state index is 0.553. The molecule has 0 aromatic carbocycles. The van der Waals surface area contributed by atoms with E-state index in [9.17, 15) is 0 Å². The zero-order valence-electron chi connectivity index (χ0n) is 8.21. The normalized spacial score (nSPS) is 27.6. The van der Waals surface area contributed by atoms with E-state index in [2.05, 4.69) is 41.4 Å². The minimum absolute atomic E-state index is 0.553. The fourth-order valence-electron chi connectivity index (χ4n) is 1.89. The number of thioether (sulfide) groups is 1. The Bertz CT molecular complexity index is 445. The Morgan fingerprint density at radius 2 is 2.07 bits per heavy atom. The van der Waals surface area contributed by atoms with E-state index < -0.39 is 0 Å². The third-order valence-corrected chi connectivity index (χ3v) is 3.99. The molecule has 2 heterocycles. The van der Waals surface area contributed by atoms with Crippen LogP contribution in [0.2, 0.25) is 0 Å². The molecule has 1 aromatic heterocycles. The highest BCUT2D eigenvalue weighted by molar-refractivity contribution is 8.09. The van der Waals surface area contributed by atoms with E-state index in [1.54, 1.807) is 0 Å². The van der Waals surface area contributed by atoms with E-state index in [1.165, 1.54) is 4.91 Å². The maximum absolute atomic E-state index is 4.38. The lowest BCUT2D eigenvalue weighted by Crippen LogP contribution is -2.07.